The van der Waals surface area contributed by atoms with Gasteiger partial charge in [-0.25, -0.2) is 0 Å². The van der Waals surface area contributed by atoms with Crippen molar-refractivity contribution in [2.45, 2.75) is 6.42 Å². The molecule has 1 rings (SSSR count). The maximum absolute atomic E-state index is 5.65. The Morgan fingerprint density at radius 2 is 2.00 bits per heavy atom. The van der Waals surface area contributed by atoms with Crippen LogP contribution in [-0.4, -0.2) is 39.6 Å². The summed E-state index contributed by atoms with van der Waals surface area (Å²) in [4.78, 5) is 0. The Kier molecular flexibility index (Phi) is 6.91. The summed E-state index contributed by atoms with van der Waals surface area (Å²) in [5.41, 5.74) is 11.2. The van der Waals surface area contributed by atoms with Crippen molar-refractivity contribution in [3.8, 4) is 11.5 Å². The first-order valence-corrected chi connectivity index (χ1v) is 6.09. The molecule has 20 heavy (non-hydrogen) atoms. The third kappa shape index (κ3) is 5.57. The summed E-state index contributed by atoms with van der Waals surface area (Å²) in [6.07, 6.45) is 2.33. The maximum Gasteiger partial charge on any atom is 0.211 e. The van der Waals surface area contributed by atoms with Crippen LogP contribution in [0.5, 0.6) is 11.5 Å². The van der Waals surface area contributed by atoms with Crippen LogP contribution in [0.15, 0.2) is 28.4 Å². The van der Waals surface area contributed by atoms with Crippen molar-refractivity contribution < 1.29 is 14.2 Å². The SMILES string of the molecule is COCCCOc1cc(C=NN=C(N)N)ccc1OC. The molecular formula is C13H20N4O3. The van der Waals surface area contributed by atoms with E-state index in [-0.39, 0.29) is 5.96 Å². The highest BCUT2D eigenvalue weighted by atomic mass is 16.5. The Morgan fingerprint density at radius 3 is 2.65 bits per heavy atom. The molecule has 0 aliphatic heterocycles. The van der Waals surface area contributed by atoms with E-state index in [0.717, 1.165) is 12.0 Å². The van der Waals surface area contributed by atoms with Crippen LogP contribution in [0.1, 0.15) is 12.0 Å². The van der Waals surface area contributed by atoms with Gasteiger partial charge in [0.25, 0.3) is 0 Å². The smallest absolute Gasteiger partial charge is 0.211 e. The van der Waals surface area contributed by atoms with Crippen LogP contribution in [0, 0.1) is 0 Å². The van der Waals surface area contributed by atoms with Gasteiger partial charge >= 0.3 is 0 Å². The van der Waals surface area contributed by atoms with Gasteiger partial charge in [-0.05, 0) is 23.8 Å². The van der Waals surface area contributed by atoms with E-state index in [9.17, 15) is 0 Å². The van der Waals surface area contributed by atoms with E-state index in [1.165, 1.54) is 6.21 Å². The summed E-state index contributed by atoms with van der Waals surface area (Å²) < 4.78 is 15.8. The highest BCUT2D eigenvalue weighted by Crippen LogP contribution is 2.27. The van der Waals surface area contributed by atoms with Gasteiger partial charge in [0.1, 0.15) is 0 Å². The molecule has 4 N–H and O–H groups in total. The summed E-state index contributed by atoms with van der Waals surface area (Å²) in [6.45, 7) is 1.19. The number of methoxy groups -OCH3 is 2. The lowest BCUT2D eigenvalue weighted by Gasteiger charge is -2.11. The topological polar surface area (TPSA) is 104 Å². The van der Waals surface area contributed by atoms with E-state index in [4.69, 9.17) is 25.7 Å². The van der Waals surface area contributed by atoms with Crippen molar-refractivity contribution in [1.29, 1.82) is 0 Å². The second-order valence-electron chi connectivity index (χ2n) is 3.87. The molecule has 0 fully saturated rings. The molecular weight excluding hydrogens is 260 g/mol. The zero-order valence-electron chi connectivity index (χ0n) is 11.7. The zero-order chi connectivity index (χ0) is 14.8. The van der Waals surface area contributed by atoms with E-state index in [1.54, 1.807) is 26.4 Å². The fourth-order valence-corrected chi connectivity index (χ4v) is 1.43. The molecule has 0 spiro atoms. The van der Waals surface area contributed by atoms with Crippen molar-refractivity contribution in [3.63, 3.8) is 0 Å². The first kappa shape index (κ1) is 15.8. The van der Waals surface area contributed by atoms with Gasteiger partial charge in [-0.3, -0.25) is 0 Å². The second-order valence-corrected chi connectivity index (χ2v) is 3.87. The number of hydrogen-bond donors (Lipinski definition) is 2. The summed E-state index contributed by atoms with van der Waals surface area (Å²) in [7, 11) is 3.24. The van der Waals surface area contributed by atoms with E-state index < -0.39 is 0 Å². The number of rotatable bonds is 8. The normalized spacial score (nSPS) is 10.5. The number of nitrogens with two attached hydrogens (primary N) is 2. The van der Waals surface area contributed by atoms with E-state index in [2.05, 4.69) is 10.2 Å². The van der Waals surface area contributed by atoms with Crippen LogP contribution in [0.25, 0.3) is 0 Å². The molecule has 0 radical (unpaired) electrons. The average Bonchev–Trinajstić information content (AvgIpc) is 2.43. The predicted octanol–water partition coefficient (Wildman–Crippen LogP) is 0.718. The molecule has 0 saturated carbocycles. The number of hydrogen-bond acceptors (Lipinski definition) is 5. The van der Waals surface area contributed by atoms with E-state index >= 15 is 0 Å². The molecule has 0 saturated heterocycles. The molecule has 110 valence electrons. The van der Waals surface area contributed by atoms with Crippen molar-refractivity contribution >= 4 is 12.2 Å². The molecule has 0 aliphatic carbocycles. The maximum atomic E-state index is 5.65. The van der Waals surface area contributed by atoms with Gasteiger partial charge in [-0.2, -0.15) is 5.10 Å². The molecule has 1 aromatic carbocycles. The van der Waals surface area contributed by atoms with Crippen LogP contribution >= 0.6 is 0 Å². The number of guanidine groups is 1. The van der Waals surface area contributed by atoms with Gasteiger partial charge in [0.2, 0.25) is 5.96 Å². The van der Waals surface area contributed by atoms with Gasteiger partial charge < -0.3 is 25.7 Å². The average molecular weight is 280 g/mol. The Morgan fingerprint density at radius 1 is 1.20 bits per heavy atom. The van der Waals surface area contributed by atoms with Gasteiger partial charge in [-0.1, -0.05) is 0 Å². The van der Waals surface area contributed by atoms with Gasteiger partial charge in [0, 0.05) is 20.1 Å². The molecule has 0 heterocycles. The van der Waals surface area contributed by atoms with Crippen molar-refractivity contribution in [2.75, 3.05) is 27.4 Å². The standard InChI is InChI=1S/C13H20N4O3/c1-18-6-3-7-20-12-8-10(4-5-11(12)19-2)9-16-17-13(14)15/h4-5,8-9H,3,6-7H2,1-2H3,(H4,14,15,17). The number of ether oxygens (including phenoxy) is 3. The Balaban J connectivity index is 2.74. The van der Waals surface area contributed by atoms with Crippen LogP contribution < -0.4 is 20.9 Å². The van der Waals surface area contributed by atoms with E-state index in [0.29, 0.717) is 24.7 Å². The molecule has 0 unspecified atom stereocenters. The van der Waals surface area contributed by atoms with Gasteiger partial charge in [-0.15, -0.1) is 5.10 Å². The Labute approximate surface area is 118 Å². The summed E-state index contributed by atoms with van der Waals surface area (Å²) in [5.74, 6) is 1.20. The fraction of sp³-hybridized carbons (Fsp3) is 0.385. The summed E-state index contributed by atoms with van der Waals surface area (Å²) in [6, 6.07) is 5.42. The monoisotopic (exact) mass is 280 g/mol. The zero-order valence-corrected chi connectivity index (χ0v) is 11.7. The summed E-state index contributed by atoms with van der Waals surface area (Å²) >= 11 is 0. The molecule has 1 aromatic rings. The van der Waals surface area contributed by atoms with Crippen molar-refractivity contribution in [1.82, 2.24) is 0 Å². The highest BCUT2D eigenvalue weighted by molar-refractivity contribution is 5.82. The van der Waals surface area contributed by atoms with E-state index in [1.807, 2.05) is 6.07 Å². The van der Waals surface area contributed by atoms with Crippen molar-refractivity contribution in [2.24, 2.45) is 21.7 Å². The van der Waals surface area contributed by atoms with Crippen molar-refractivity contribution in [3.05, 3.63) is 23.8 Å². The third-order valence-electron chi connectivity index (χ3n) is 2.32. The van der Waals surface area contributed by atoms with Crippen LogP contribution in [0.4, 0.5) is 0 Å². The first-order valence-electron chi connectivity index (χ1n) is 6.09. The highest BCUT2D eigenvalue weighted by Gasteiger charge is 2.05. The van der Waals surface area contributed by atoms with Gasteiger partial charge in [0.15, 0.2) is 11.5 Å². The minimum atomic E-state index is -0.0919. The lowest BCUT2D eigenvalue weighted by molar-refractivity contribution is 0.170. The minimum Gasteiger partial charge on any atom is -0.493 e. The molecule has 7 nitrogen and oxygen atoms in total. The first-order chi connectivity index (χ1) is 9.67. The molecule has 0 aromatic heterocycles. The molecule has 0 aliphatic rings. The van der Waals surface area contributed by atoms with Gasteiger partial charge in [0.05, 0.1) is 19.9 Å². The van der Waals surface area contributed by atoms with Crippen LogP contribution in [-0.2, 0) is 4.74 Å². The third-order valence-corrected chi connectivity index (χ3v) is 2.32. The molecule has 0 bridgehead atoms. The fourth-order valence-electron chi connectivity index (χ4n) is 1.43. The quantitative estimate of drug-likeness (QED) is 0.316. The predicted molar refractivity (Wildman–Crippen MR) is 78.4 cm³/mol. The Hall–Kier alpha value is -2.28. The second kappa shape index (κ2) is 8.76. The number of nitrogens with zero attached hydrogens (tertiary/aromatic N) is 2. The Bertz CT molecular complexity index is 471. The van der Waals surface area contributed by atoms with Crippen LogP contribution in [0.2, 0.25) is 0 Å². The summed E-state index contributed by atoms with van der Waals surface area (Å²) in [5, 5.41) is 7.28. The molecule has 0 amide bonds. The molecule has 0 atom stereocenters. The lowest BCUT2D eigenvalue weighted by Crippen LogP contribution is -2.21. The lowest BCUT2D eigenvalue weighted by atomic mass is 10.2. The molecule has 7 heteroatoms. The van der Waals surface area contributed by atoms with Crippen LogP contribution in [0.3, 0.4) is 0 Å². The number of benzene rings is 1. The minimum absolute atomic E-state index is 0.0919. The largest absolute Gasteiger partial charge is 0.493 e.